The number of ether oxygens (including phenoxy) is 1. The maximum Gasteiger partial charge on any atom is 0.166 e. The Morgan fingerprint density at radius 3 is 2.93 bits per heavy atom. The highest BCUT2D eigenvalue weighted by Gasteiger charge is 2.05. The van der Waals surface area contributed by atoms with Crippen LogP contribution >= 0.6 is 0 Å². The van der Waals surface area contributed by atoms with Gasteiger partial charge in [-0.1, -0.05) is 0 Å². The highest BCUT2D eigenvalue weighted by atomic mass is 16.5. The van der Waals surface area contributed by atoms with Gasteiger partial charge in [-0.05, 0) is 26.0 Å². The van der Waals surface area contributed by atoms with Gasteiger partial charge in [-0.3, -0.25) is 9.78 Å². The normalized spacial score (nSPS) is 10.5. The Balaban J connectivity index is 2.36. The second kappa shape index (κ2) is 5.50. The van der Waals surface area contributed by atoms with Crippen molar-refractivity contribution in [1.82, 2.24) is 4.98 Å². The molecule has 0 aliphatic rings. The largest absolute Gasteiger partial charge is 0.378 e. The van der Waals surface area contributed by atoms with Crippen molar-refractivity contribution in [2.75, 3.05) is 6.61 Å². The molecular weight excluding hydrogens is 178 g/mol. The first-order valence-electron chi connectivity index (χ1n) is 4.75. The van der Waals surface area contributed by atoms with E-state index in [1.807, 2.05) is 13.8 Å². The molecule has 1 aromatic heterocycles. The van der Waals surface area contributed by atoms with Crippen LogP contribution in [0.4, 0.5) is 0 Å². The molecular formula is C11H15NO2. The van der Waals surface area contributed by atoms with Gasteiger partial charge in [-0.15, -0.1) is 0 Å². The zero-order valence-corrected chi connectivity index (χ0v) is 8.56. The van der Waals surface area contributed by atoms with E-state index in [2.05, 4.69) is 4.98 Å². The molecule has 0 fully saturated rings. The summed E-state index contributed by atoms with van der Waals surface area (Å²) < 4.78 is 5.29. The van der Waals surface area contributed by atoms with Crippen molar-refractivity contribution in [2.24, 2.45) is 0 Å². The lowest BCUT2D eigenvalue weighted by atomic mass is 10.1. The van der Waals surface area contributed by atoms with Gasteiger partial charge in [-0.25, -0.2) is 0 Å². The second-order valence-electron chi connectivity index (χ2n) is 3.33. The maximum atomic E-state index is 11.5. The van der Waals surface area contributed by atoms with Gasteiger partial charge in [0, 0.05) is 24.4 Å². The molecule has 1 rings (SSSR count). The average Bonchev–Trinajstić information content (AvgIpc) is 2.18. The molecule has 0 aliphatic carbocycles. The van der Waals surface area contributed by atoms with E-state index < -0.39 is 0 Å². The summed E-state index contributed by atoms with van der Waals surface area (Å²) >= 11 is 0. The quantitative estimate of drug-likeness (QED) is 0.672. The first-order valence-corrected chi connectivity index (χ1v) is 4.75. The first kappa shape index (κ1) is 10.9. The Bertz CT molecular complexity index is 283. The van der Waals surface area contributed by atoms with Crippen molar-refractivity contribution in [3.05, 3.63) is 30.1 Å². The fraction of sp³-hybridized carbons (Fsp3) is 0.455. The van der Waals surface area contributed by atoms with Crippen LogP contribution in [0, 0.1) is 0 Å². The third kappa shape index (κ3) is 3.66. The van der Waals surface area contributed by atoms with Crippen LogP contribution in [-0.2, 0) is 4.74 Å². The molecule has 1 heterocycles. The van der Waals surface area contributed by atoms with E-state index in [0.29, 0.717) is 18.6 Å². The summed E-state index contributed by atoms with van der Waals surface area (Å²) in [6.07, 6.45) is 3.83. The van der Waals surface area contributed by atoms with Crippen LogP contribution < -0.4 is 0 Å². The molecule has 0 bridgehead atoms. The van der Waals surface area contributed by atoms with E-state index in [1.165, 1.54) is 0 Å². The SMILES string of the molecule is CC(C)OCCC(=O)c1cccnc1. The molecule has 0 atom stereocenters. The van der Waals surface area contributed by atoms with Crippen molar-refractivity contribution in [3.63, 3.8) is 0 Å². The van der Waals surface area contributed by atoms with E-state index in [0.717, 1.165) is 0 Å². The monoisotopic (exact) mass is 193 g/mol. The van der Waals surface area contributed by atoms with Crippen LogP contribution in [0.3, 0.4) is 0 Å². The summed E-state index contributed by atoms with van der Waals surface area (Å²) in [4.78, 5) is 15.4. The molecule has 0 saturated carbocycles. The zero-order valence-electron chi connectivity index (χ0n) is 8.56. The van der Waals surface area contributed by atoms with Gasteiger partial charge in [0.15, 0.2) is 5.78 Å². The van der Waals surface area contributed by atoms with Crippen LogP contribution in [0.2, 0.25) is 0 Å². The van der Waals surface area contributed by atoms with E-state index in [1.54, 1.807) is 24.5 Å². The maximum absolute atomic E-state index is 11.5. The standard InChI is InChI=1S/C11H15NO2/c1-9(2)14-7-5-11(13)10-4-3-6-12-8-10/h3-4,6,8-9H,5,7H2,1-2H3. The molecule has 0 spiro atoms. The molecule has 76 valence electrons. The minimum Gasteiger partial charge on any atom is -0.378 e. The van der Waals surface area contributed by atoms with E-state index in [4.69, 9.17) is 4.74 Å². The Kier molecular flexibility index (Phi) is 4.26. The third-order valence-electron chi connectivity index (χ3n) is 1.76. The minimum absolute atomic E-state index is 0.0822. The van der Waals surface area contributed by atoms with Crippen LogP contribution in [0.1, 0.15) is 30.6 Å². The Morgan fingerprint density at radius 2 is 2.36 bits per heavy atom. The summed E-state index contributed by atoms with van der Waals surface area (Å²) in [6, 6.07) is 3.53. The smallest absolute Gasteiger partial charge is 0.166 e. The molecule has 3 nitrogen and oxygen atoms in total. The molecule has 0 saturated heterocycles. The molecule has 1 aromatic rings. The number of rotatable bonds is 5. The van der Waals surface area contributed by atoms with E-state index in [9.17, 15) is 4.79 Å². The molecule has 0 aromatic carbocycles. The summed E-state index contributed by atoms with van der Waals surface area (Å²) in [5, 5.41) is 0. The first-order chi connectivity index (χ1) is 6.70. The van der Waals surface area contributed by atoms with Gasteiger partial charge in [0.05, 0.1) is 12.7 Å². The topological polar surface area (TPSA) is 39.2 Å². The van der Waals surface area contributed by atoms with Gasteiger partial charge in [-0.2, -0.15) is 0 Å². The third-order valence-corrected chi connectivity index (χ3v) is 1.76. The summed E-state index contributed by atoms with van der Waals surface area (Å²) in [6.45, 7) is 4.38. The number of ketones is 1. The summed E-state index contributed by atoms with van der Waals surface area (Å²) in [5.41, 5.74) is 0.653. The van der Waals surface area contributed by atoms with E-state index >= 15 is 0 Å². The van der Waals surface area contributed by atoms with Crippen molar-refractivity contribution < 1.29 is 9.53 Å². The number of Topliss-reactive ketones (excluding diaryl/α,β-unsaturated/α-hetero) is 1. The number of pyridine rings is 1. The molecule has 3 heteroatoms. The number of nitrogens with zero attached hydrogens (tertiary/aromatic N) is 1. The number of carbonyl (C=O) groups is 1. The number of hydrogen-bond acceptors (Lipinski definition) is 3. The number of aromatic nitrogens is 1. The highest BCUT2D eigenvalue weighted by molar-refractivity contribution is 5.95. The van der Waals surface area contributed by atoms with Crippen LogP contribution in [0.15, 0.2) is 24.5 Å². The predicted molar refractivity (Wildman–Crippen MR) is 54.3 cm³/mol. The summed E-state index contributed by atoms with van der Waals surface area (Å²) in [7, 11) is 0. The molecule has 0 radical (unpaired) electrons. The molecule has 14 heavy (non-hydrogen) atoms. The molecule has 0 N–H and O–H groups in total. The zero-order chi connectivity index (χ0) is 10.4. The summed E-state index contributed by atoms with van der Waals surface area (Å²) in [5.74, 6) is 0.0822. The van der Waals surface area contributed by atoms with Crippen LogP contribution in [-0.4, -0.2) is 23.5 Å². The van der Waals surface area contributed by atoms with Crippen LogP contribution in [0.5, 0.6) is 0 Å². The number of hydrogen-bond donors (Lipinski definition) is 0. The van der Waals surface area contributed by atoms with Crippen molar-refractivity contribution in [1.29, 1.82) is 0 Å². The Morgan fingerprint density at radius 1 is 1.57 bits per heavy atom. The lowest BCUT2D eigenvalue weighted by Gasteiger charge is -2.06. The predicted octanol–water partition coefficient (Wildman–Crippen LogP) is 2.08. The molecule has 0 amide bonds. The van der Waals surface area contributed by atoms with E-state index in [-0.39, 0.29) is 11.9 Å². The van der Waals surface area contributed by atoms with Gasteiger partial charge >= 0.3 is 0 Å². The highest BCUT2D eigenvalue weighted by Crippen LogP contribution is 2.01. The lowest BCUT2D eigenvalue weighted by Crippen LogP contribution is -2.09. The van der Waals surface area contributed by atoms with Gasteiger partial charge in [0.25, 0.3) is 0 Å². The average molecular weight is 193 g/mol. The van der Waals surface area contributed by atoms with Crippen molar-refractivity contribution in [3.8, 4) is 0 Å². The van der Waals surface area contributed by atoms with Crippen molar-refractivity contribution in [2.45, 2.75) is 26.4 Å². The Labute approximate surface area is 84.1 Å². The van der Waals surface area contributed by atoms with Crippen molar-refractivity contribution >= 4 is 5.78 Å². The van der Waals surface area contributed by atoms with Gasteiger partial charge in [0.2, 0.25) is 0 Å². The minimum atomic E-state index is 0.0822. The second-order valence-corrected chi connectivity index (χ2v) is 3.33. The Hall–Kier alpha value is -1.22. The lowest BCUT2D eigenvalue weighted by molar-refractivity contribution is 0.0678. The van der Waals surface area contributed by atoms with Crippen LogP contribution in [0.25, 0.3) is 0 Å². The number of carbonyl (C=O) groups excluding carboxylic acids is 1. The molecule has 0 unspecified atom stereocenters. The van der Waals surface area contributed by atoms with Gasteiger partial charge in [0.1, 0.15) is 0 Å². The fourth-order valence-electron chi connectivity index (χ4n) is 1.06. The fourth-order valence-corrected chi connectivity index (χ4v) is 1.06. The molecule has 0 aliphatic heterocycles. The van der Waals surface area contributed by atoms with Gasteiger partial charge < -0.3 is 4.74 Å².